The quantitative estimate of drug-likeness (QED) is 0.277. The van der Waals surface area contributed by atoms with Gasteiger partial charge in [-0.15, -0.1) is 6.58 Å². The van der Waals surface area contributed by atoms with E-state index in [0.29, 0.717) is 40.1 Å². The van der Waals surface area contributed by atoms with Gasteiger partial charge in [0.2, 0.25) is 5.78 Å². The van der Waals surface area contributed by atoms with E-state index in [2.05, 4.69) is 21.5 Å². The number of hydrogen-bond acceptors (Lipinski definition) is 3. The topological polar surface area (TPSA) is 78.6 Å². The number of aromatic amines is 2. The molecule has 0 spiro atoms. The number of carbonyl (C=O) groups excluding carboxylic acids is 1. The van der Waals surface area contributed by atoms with Gasteiger partial charge in [-0.3, -0.25) is 9.59 Å². The number of aromatic nitrogens is 3. The van der Waals surface area contributed by atoms with E-state index in [-0.39, 0.29) is 11.3 Å². The van der Waals surface area contributed by atoms with Crippen molar-refractivity contribution in [2.24, 2.45) is 0 Å². The second-order valence-corrected chi connectivity index (χ2v) is 6.85. The highest BCUT2D eigenvalue weighted by Gasteiger charge is 2.23. The maximum Gasteiger partial charge on any atom is 0.261 e. The van der Waals surface area contributed by atoms with Crippen LogP contribution in [0.3, 0.4) is 0 Å². The molecule has 0 saturated heterocycles. The Kier molecular flexibility index (Phi) is 5.20. The second-order valence-electron chi connectivity index (χ2n) is 6.85. The normalized spacial score (nSPS) is 10.9. The molecule has 0 bridgehead atoms. The summed E-state index contributed by atoms with van der Waals surface area (Å²) in [6.07, 6.45) is 4.17. The minimum absolute atomic E-state index is 0.171. The number of benzene rings is 2. The van der Waals surface area contributed by atoms with Crippen LogP contribution in [-0.2, 0) is 6.42 Å². The molecule has 0 radical (unpaired) electrons. The van der Waals surface area contributed by atoms with Gasteiger partial charge in [-0.2, -0.15) is 0 Å². The molecule has 0 unspecified atom stereocenters. The van der Waals surface area contributed by atoms with E-state index in [9.17, 15) is 9.59 Å². The number of H-pyrrole nitrogens is 2. The van der Waals surface area contributed by atoms with Gasteiger partial charge in [-0.25, -0.2) is 4.98 Å². The van der Waals surface area contributed by atoms with Crippen molar-refractivity contribution in [3.8, 4) is 11.1 Å². The Morgan fingerprint density at radius 3 is 2.38 bits per heavy atom. The van der Waals surface area contributed by atoms with E-state index >= 15 is 0 Å². The molecule has 2 aromatic carbocycles. The first kappa shape index (κ1) is 18.6. The molecule has 2 heterocycles. The number of hydrogen-bond donors (Lipinski definition) is 2. The summed E-state index contributed by atoms with van der Waals surface area (Å²) in [6, 6.07) is 18.5. The van der Waals surface area contributed by atoms with Crippen LogP contribution >= 0.6 is 0 Å². The Morgan fingerprint density at radius 1 is 1.00 bits per heavy atom. The van der Waals surface area contributed by atoms with Crippen LogP contribution in [0.25, 0.3) is 22.2 Å². The van der Waals surface area contributed by atoms with Crippen molar-refractivity contribution >= 4 is 16.8 Å². The van der Waals surface area contributed by atoms with Crippen molar-refractivity contribution in [3.05, 3.63) is 101 Å². The number of unbranched alkanes of at least 4 members (excludes halogenated alkanes) is 1. The largest absolute Gasteiger partial charge is 0.336 e. The average Bonchev–Trinajstić information content (AvgIpc) is 3.15. The Labute approximate surface area is 168 Å². The van der Waals surface area contributed by atoms with Crippen LogP contribution in [0.15, 0.2) is 78.1 Å². The highest BCUT2D eigenvalue weighted by atomic mass is 16.1. The first-order chi connectivity index (χ1) is 14.2. The molecule has 4 aromatic rings. The van der Waals surface area contributed by atoms with Gasteiger partial charge in [-0.05, 0) is 18.4 Å². The molecule has 5 heteroatoms. The second kappa shape index (κ2) is 8.10. The number of allylic oxidation sites excluding steroid dienone is 1. The van der Waals surface area contributed by atoms with Crippen molar-refractivity contribution in [1.82, 2.24) is 15.0 Å². The van der Waals surface area contributed by atoms with Crippen LogP contribution < -0.4 is 5.56 Å². The summed E-state index contributed by atoms with van der Waals surface area (Å²) in [4.78, 5) is 36.8. The molecule has 144 valence electrons. The summed E-state index contributed by atoms with van der Waals surface area (Å²) in [5.41, 5.74) is 2.49. The van der Waals surface area contributed by atoms with E-state index in [0.717, 1.165) is 18.4 Å². The van der Waals surface area contributed by atoms with Gasteiger partial charge in [0.1, 0.15) is 11.5 Å². The number of ketones is 1. The first-order valence-corrected chi connectivity index (χ1v) is 9.60. The van der Waals surface area contributed by atoms with Crippen LogP contribution in [0.1, 0.15) is 34.7 Å². The zero-order valence-electron chi connectivity index (χ0n) is 15.9. The molecular weight excluding hydrogens is 362 g/mol. The van der Waals surface area contributed by atoms with Crippen molar-refractivity contribution in [2.75, 3.05) is 0 Å². The van der Waals surface area contributed by atoms with E-state index in [4.69, 9.17) is 0 Å². The third kappa shape index (κ3) is 3.67. The van der Waals surface area contributed by atoms with Gasteiger partial charge in [0.25, 0.3) is 5.56 Å². The highest BCUT2D eigenvalue weighted by Crippen LogP contribution is 2.31. The summed E-state index contributed by atoms with van der Waals surface area (Å²) < 4.78 is 0. The molecule has 0 fully saturated rings. The van der Waals surface area contributed by atoms with Crippen molar-refractivity contribution < 1.29 is 4.79 Å². The molecule has 0 aliphatic carbocycles. The Morgan fingerprint density at radius 2 is 1.69 bits per heavy atom. The molecule has 0 aliphatic rings. The fourth-order valence-electron chi connectivity index (χ4n) is 3.48. The molecule has 4 rings (SSSR count). The summed E-state index contributed by atoms with van der Waals surface area (Å²) >= 11 is 0. The predicted octanol–water partition coefficient (Wildman–Crippen LogP) is 4.66. The lowest BCUT2D eigenvalue weighted by Gasteiger charge is -2.05. The predicted molar refractivity (Wildman–Crippen MR) is 115 cm³/mol. The Hall–Kier alpha value is -3.73. The maximum atomic E-state index is 13.2. The molecule has 0 atom stereocenters. The van der Waals surface area contributed by atoms with Crippen LogP contribution in [0.4, 0.5) is 0 Å². The number of rotatable bonds is 7. The van der Waals surface area contributed by atoms with Gasteiger partial charge in [-0.1, -0.05) is 66.7 Å². The lowest BCUT2D eigenvalue weighted by atomic mass is 9.98. The molecular formula is C24H21N3O2. The minimum Gasteiger partial charge on any atom is -0.336 e. The standard InChI is InChI=1S/C24H21N3O2/c1-2-3-6-15-18-25-23-20(24(29)26-18)19(16-11-7-4-8-12-16)21(27-23)22(28)17-13-9-5-10-14-17/h2,4-5,7-14H,1,3,6,15H2,(H2,25,26,27,29). The molecule has 2 aromatic heterocycles. The number of nitrogens with zero attached hydrogens (tertiary/aromatic N) is 1. The zero-order valence-corrected chi connectivity index (χ0v) is 15.9. The third-order valence-corrected chi connectivity index (χ3v) is 4.86. The lowest BCUT2D eigenvalue weighted by molar-refractivity contribution is 0.103. The van der Waals surface area contributed by atoms with E-state index < -0.39 is 0 Å². The molecule has 0 aliphatic heterocycles. The summed E-state index contributed by atoms with van der Waals surface area (Å²) in [5, 5.41) is 0.406. The molecule has 5 nitrogen and oxygen atoms in total. The van der Waals surface area contributed by atoms with Crippen LogP contribution in [0.5, 0.6) is 0 Å². The maximum absolute atomic E-state index is 13.2. The number of carbonyl (C=O) groups is 1. The van der Waals surface area contributed by atoms with Crippen LogP contribution in [-0.4, -0.2) is 20.7 Å². The van der Waals surface area contributed by atoms with Gasteiger partial charge in [0.05, 0.1) is 11.1 Å². The molecule has 29 heavy (non-hydrogen) atoms. The number of nitrogens with one attached hydrogen (secondary N) is 2. The number of aryl methyl sites for hydroxylation is 1. The van der Waals surface area contributed by atoms with Crippen molar-refractivity contribution in [2.45, 2.75) is 19.3 Å². The van der Waals surface area contributed by atoms with Gasteiger partial charge < -0.3 is 9.97 Å². The Balaban J connectivity index is 1.92. The highest BCUT2D eigenvalue weighted by molar-refractivity contribution is 6.16. The van der Waals surface area contributed by atoms with Gasteiger partial charge >= 0.3 is 0 Å². The third-order valence-electron chi connectivity index (χ3n) is 4.86. The zero-order chi connectivity index (χ0) is 20.2. The van der Waals surface area contributed by atoms with Gasteiger partial charge in [0, 0.05) is 17.5 Å². The van der Waals surface area contributed by atoms with Crippen LogP contribution in [0, 0.1) is 0 Å². The summed E-state index contributed by atoms with van der Waals surface area (Å²) in [7, 11) is 0. The van der Waals surface area contributed by atoms with Gasteiger partial charge in [0.15, 0.2) is 0 Å². The minimum atomic E-state index is -0.245. The van der Waals surface area contributed by atoms with Crippen molar-refractivity contribution in [3.63, 3.8) is 0 Å². The Bertz CT molecular complexity index is 1220. The fourth-order valence-corrected chi connectivity index (χ4v) is 3.48. The van der Waals surface area contributed by atoms with Crippen molar-refractivity contribution in [1.29, 1.82) is 0 Å². The fraction of sp³-hybridized carbons (Fsp3) is 0.125. The first-order valence-electron chi connectivity index (χ1n) is 9.60. The summed E-state index contributed by atoms with van der Waals surface area (Å²) in [5.74, 6) is 0.430. The summed E-state index contributed by atoms with van der Waals surface area (Å²) in [6.45, 7) is 3.72. The average molecular weight is 383 g/mol. The van der Waals surface area contributed by atoms with E-state index in [1.807, 2.05) is 54.6 Å². The van der Waals surface area contributed by atoms with E-state index in [1.165, 1.54) is 0 Å². The molecule has 0 saturated carbocycles. The number of fused-ring (bicyclic) bond motifs is 1. The molecule has 0 amide bonds. The smallest absolute Gasteiger partial charge is 0.261 e. The monoisotopic (exact) mass is 383 g/mol. The van der Waals surface area contributed by atoms with E-state index in [1.54, 1.807) is 12.1 Å². The van der Waals surface area contributed by atoms with Crippen LogP contribution in [0.2, 0.25) is 0 Å². The SMILES string of the molecule is C=CCCCc1nc2[nH]c(C(=O)c3ccccc3)c(-c3ccccc3)c2c(=O)[nH]1. The lowest BCUT2D eigenvalue weighted by Crippen LogP contribution is -2.12. The molecule has 2 N–H and O–H groups in total.